The largest absolute Gasteiger partial charge is 0.364 e. The quantitative estimate of drug-likeness (QED) is 0.872. The smallest absolute Gasteiger partial charge is 0.126 e. The molecule has 0 amide bonds. The molecule has 0 saturated carbocycles. The maximum atomic E-state index is 13.9. The van der Waals surface area contributed by atoms with Crippen molar-refractivity contribution in [3.63, 3.8) is 0 Å². The molecule has 0 saturated heterocycles. The summed E-state index contributed by atoms with van der Waals surface area (Å²) < 4.78 is 13.9. The van der Waals surface area contributed by atoms with Crippen LogP contribution in [0.1, 0.15) is 42.8 Å². The lowest BCUT2D eigenvalue weighted by Gasteiger charge is -2.32. The highest BCUT2D eigenvalue weighted by molar-refractivity contribution is 7.09. The fourth-order valence-electron chi connectivity index (χ4n) is 2.41. The summed E-state index contributed by atoms with van der Waals surface area (Å²) in [5, 5.41) is 2.08. The normalized spacial score (nSPS) is 12.7. The number of nitrogens with zero attached hydrogens (tertiary/aromatic N) is 1. The Morgan fingerprint density at radius 3 is 2.52 bits per heavy atom. The van der Waals surface area contributed by atoms with E-state index in [0.29, 0.717) is 11.6 Å². The lowest BCUT2D eigenvalue weighted by atomic mass is 10.0. The Hall–Kier alpha value is -1.39. The first-order chi connectivity index (χ1) is 9.90. The number of hydrogen-bond donors (Lipinski definition) is 1. The molecular weight excluding hydrogens is 283 g/mol. The van der Waals surface area contributed by atoms with Crippen molar-refractivity contribution in [1.82, 2.24) is 0 Å². The Balaban J connectivity index is 2.46. The summed E-state index contributed by atoms with van der Waals surface area (Å²) in [5.74, 6) is -0.189. The summed E-state index contributed by atoms with van der Waals surface area (Å²) in [6.45, 7) is 8.82. The topological polar surface area (TPSA) is 29.3 Å². The van der Waals surface area contributed by atoms with Gasteiger partial charge in [-0.3, -0.25) is 0 Å². The van der Waals surface area contributed by atoms with E-state index in [1.807, 2.05) is 13.0 Å². The third kappa shape index (κ3) is 3.63. The standard InChI is InChI=1S/C17H23FN2S/c1-11(2)20(10-14-6-5-7-21-14)17-8-12(3)16(18)9-15(17)13(4)19/h5-9,11,13H,10,19H2,1-4H3/t13-/m1/s1. The van der Waals surface area contributed by atoms with Gasteiger partial charge >= 0.3 is 0 Å². The van der Waals surface area contributed by atoms with E-state index in [2.05, 4.69) is 36.3 Å². The number of hydrogen-bond acceptors (Lipinski definition) is 3. The third-order valence-electron chi connectivity index (χ3n) is 3.64. The van der Waals surface area contributed by atoms with E-state index in [1.54, 1.807) is 24.3 Å². The zero-order valence-corrected chi connectivity index (χ0v) is 13.9. The van der Waals surface area contributed by atoms with Gasteiger partial charge in [0, 0.05) is 22.6 Å². The molecule has 1 aromatic carbocycles. The highest BCUT2D eigenvalue weighted by Gasteiger charge is 2.19. The zero-order chi connectivity index (χ0) is 15.6. The molecule has 2 rings (SSSR count). The molecule has 1 aromatic heterocycles. The Morgan fingerprint density at radius 1 is 1.29 bits per heavy atom. The average molecular weight is 306 g/mol. The van der Waals surface area contributed by atoms with Crippen molar-refractivity contribution in [3.8, 4) is 0 Å². The Morgan fingerprint density at radius 2 is 2.00 bits per heavy atom. The summed E-state index contributed by atoms with van der Waals surface area (Å²) in [6.07, 6.45) is 0. The van der Waals surface area contributed by atoms with E-state index in [9.17, 15) is 4.39 Å². The molecule has 1 heterocycles. The van der Waals surface area contributed by atoms with E-state index in [0.717, 1.165) is 17.8 Å². The number of benzene rings is 1. The van der Waals surface area contributed by atoms with Gasteiger partial charge in [0.1, 0.15) is 5.82 Å². The van der Waals surface area contributed by atoms with E-state index in [-0.39, 0.29) is 11.9 Å². The average Bonchev–Trinajstić information content (AvgIpc) is 2.91. The predicted molar refractivity (Wildman–Crippen MR) is 89.4 cm³/mol. The van der Waals surface area contributed by atoms with Gasteiger partial charge in [0.2, 0.25) is 0 Å². The minimum atomic E-state index is -0.195. The first-order valence-electron chi connectivity index (χ1n) is 7.24. The van der Waals surface area contributed by atoms with Crippen molar-refractivity contribution in [2.45, 2.75) is 46.3 Å². The van der Waals surface area contributed by atoms with Gasteiger partial charge in [-0.1, -0.05) is 6.07 Å². The molecule has 0 fully saturated rings. The molecule has 1 atom stereocenters. The Kier molecular flexibility index (Phi) is 5.01. The van der Waals surface area contributed by atoms with Crippen LogP contribution in [0, 0.1) is 12.7 Å². The minimum absolute atomic E-state index is 0.189. The molecule has 0 spiro atoms. The van der Waals surface area contributed by atoms with Crippen LogP contribution in [0.2, 0.25) is 0 Å². The molecule has 2 nitrogen and oxygen atoms in total. The maximum absolute atomic E-state index is 13.9. The molecule has 0 unspecified atom stereocenters. The van der Waals surface area contributed by atoms with Crippen molar-refractivity contribution in [2.24, 2.45) is 5.73 Å². The molecular formula is C17H23FN2S. The first-order valence-corrected chi connectivity index (χ1v) is 8.12. The molecule has 2 N–H and O–H groups in total. The van der Waals surface area contributed by atoms with Crippen LogP contribution < -0.4 is 10.6 Å². The third-order valence-corrected chi connectivity index (χ3v) is 4.50. The van der Waals surface area contributed by atoms with Crippen LogP contribution in [0.4, 0.5) is 10.1 Å². The van der Waals surface area contributed by atoms with Gasteiger partial charge in [0.25, 0.3) is 0 Å². The summed E-state index contributed by atoms with van der Waals surface area (Å²) in [7, 11) is 0. The van der Waals surface area contributed by atoms with Crippen LogP contribution >= 0.6 is 11.3 Å². The molecule has 0 bridgehead atoms. The second kappa shape index (κ2) is 6.58. The zero-order valence-electron chi connectivity index (χ0n) is 13.1. The van der Waals surface area contributed by atoms with Crippen LogP contribution in [0.5, 0.6) is 0 Å². The van der Waals surface area contributed by atoms with Crippen LogP contribution in [0.3, 0.4) is 0 Å². The van der Waals surface area contributed by atoms with E-state index in [4.69, 9.17) is 5.73 Å². The van der Waals surface area contributed by atoms with Crippen LogP contribution in [-0.4, -0.2) is 6.04 Å². The van der Waals surface area contributed by atoms with E-state index < -0.39 is 0 Å². The van der Waals surface area contributed by atoms with Gasteiger partial charge in [-0.2, -0.15) is 0 Å². The maximum Gasteiger partial charge on any atom is 0.126 e. The number of aryl methyl sites for hydroxylation is 1. The number of nitrogens with two attached hydrogens (primary N) is 1. The van der Waals surface area contributed by atoms with E-state index in [1.165, 1.54) is 4.88 Å². The van der Waals surface area contributed by atoms with Crippen LogP contribution in [-0.2, 0) is 6.54 Å². The Bertz CT molecular complexity index is 591. The fourth-order valence-corrected chi connectivity index (χ4v) is 3.11. The van der Waals surface area contributed by atoms with Crippen LogP contribution in [0.25, 0.3) is 0 Å². The molecule has 4 heteroatoms. The van der Waals surface area contributed by atoms with Gasteiger partial charge in [-0.15, -0.1) is 11.3 Å². The molecule has 0 aliphatic carbocycles. The predicted octanol–water partition coefficient (Wildman–Crippen LogP) is 4.63. The van der Waals surface area contributed by atoms with Gasteiger partial charge in [0.15, 0.2) is 0 Å². The highest BCUT2D eigenvalue weighted by Crippen LogP contribution is 2.31. The summed E-state index contributed by atoms with van der Waals surface area (Å²) in [5.41, 5.74) is 8.61. The van der Waals surface area contributed by atoms with Gasteiger partial charge < -0.3 is 10.6 Å². The SMILES string of the molecule is Cc1cc(N(Cc2cccs2)C(C)C)c([C@@H](C)N)cc1F. The summed E-state index contributed by atoms with van der Waals surface area (Å²) in [6, 6.07) is 7.80. The van der Waals surface area contributed by atoms with Gasteiger partial charge in [-0.25, -0.2) is 4.39 Å². The van der Waals surface area contributed by atoms with E-state index >= 15 is 0 Å². The van der Waals surface area contributed by atoms with Crippen molar-refractivity contribution < 1.29 is 4.39 Å². The van der Waals surface area contributed by atoms with Crippen molar-refractivity contribution >= 4 is 17.0 Å². The second-order valence-electron chi connectivity index (χ2n) is 5.75. The Labute approximate surface area is 130 Å². The lowest BCUT2D eigenvalue weighted by molar-refractivity contribution is 0.609. The van der Waals surface area contributed by atoms with Crippen molar-refractivity contribution in [1.29, 1.82) is 0 Å². The molecule has 2 aromatic rings. The highest BCUT2D eigenvalue weighted by atomic mass is 32.1. The van der Waals surface area contributed by atoms with Gasteiger partial charge in [-0.05, 0) is 62.4 Å². The van der Waals surface area contributed by atoms with Crippen LogP contribution in [0.15, 0.2) is 29.6 Å². The van der Waals surface area contributed by atoms with Gasteiger partial charge in [0.05, 0.1) is 6.54 Å². The monoisotopic (exact) mass is 306 g/mol. The number of halogens is 1. The molecule has 0 aliphatic heterocycles. The number of thiophene rings is 1. The molecule has 0 aliphatic rings. The summed E-state index contributed by atoms with van der Waals surface area (Å²) >= 11 is 1.74. The second-order valence-corrected chi connectivity index (χ2v) is 6.78. The molecule has 0 radical (unpaired) electrons. The molecule has 114 valence electrons. The van der Waals surface area contributed by atoms with Crippen molar-refractivity contribution in [2.75, 3.05) is 4.90 Å². The van der Waals surface area contributed by atoms with Crippen molar-refractivity contribution in [3.05, 3.63) is 51.5 Å². The lowest BCUT2D eigenvalue weighted by Crippen LogP contribution is -2.31. The number of anilines is 1. The number of rotatable bonds is 5. The fraction of sp³-hybridized carbons (Fsp3) is 0.412. The minimum Gasteiger partial charge on any atom is -0.364 e. The summed E-state index contributed by atoms with van der Waals surface area (Å²) in [4.78, 5) is 3.58. The molecule has 21 heavy (non-hydrogen) atoms. The first kappa shape index (κ1) is 16.0.